The first-order valence-corrected chi connectivity index (χ1v) is 5.18. The predicted octanol–water partition coefficient (Wildman–Crippen LogP) is 3.74. The average molecular weight is 230 g/mol. The standard InChI is InChI=1S/C14H11FO2/c1-10-8-12(15)4-7-14(10)17-13-5-2-11(9-16)3-6-13/h2-9H,1H3. The summed E-state index contributed by atoms with van der Waals surface area (Å²) in [5.41, 5.74) is 1.32. The van der Waals surface area contributed by atoms with Crippen LogP contribution in [0.15, 0.2) is 42.5 Å². The van der Waals surface area contributed by atoms with Gasteiger partial charge in [-0.05, 0) is 55.0 Å². The highest BCUT2D eigenvalue weighted by Crippen LogP contribution is 2.25. The predicted molar refractivity (Wildman–Crippen MR) is 63.0 cm³/mol. The Bertz CT molecular complexity index is 532. The van der Waals surface area contributed by atoms with Crippen molar-refractivity contribution in [3.05, 3.63) is 59.4 Å². The maximum absolute atomic E-state index is 12.9. The van der Waals surface area contributed by atoms with Crippen molar-refractivity contribution in [1.29, 1.82) is 0 Å². The van der Waals surface area contributed by atoms with Crippen molar-refractivity contribution in [3.63, 3.8) is 0 Å². The number of ether oxygens (including phenoxy) is 1. The molecule has 17 heavy (non-hydrogen) atoms. The summed E-state index contributed by atoms with van der Waals surface area (Å²) in [5.74, 6) is 0.932. The Balaban J connectivity index is 2.22. The lowest BCUT2D eigenvalue weighted by Gasteiger charge is -2.08. The fourth-order valence-electron chi connectivity index (χ4n) is 1.47. The van der Waals surface area contributed by atoms with E-state index in [0.29, 0.717) is 17.1 Å². The second-order valence-electron chi connectivity index (χ2n) is 3.70. The van der Waals surface area contributed by atoms with Gasteiger partial charge in [-0.1, -0.05) is 0 Å². The van der Waals surface area contributed by atoms with Crippen LogP contribution in [0.5, 0.6) is 11.5 Å². The highest BCUT2D eigenvalue weighted by atomic mass is 19.1. The number of carbonyl (C=O) groups excluding carboxylic acids is 1. The SMILES string of the molecule is Cc1cc(F)ccc1Oc1ccc(C=O)cc1. The van der Waals surface area contributed by atoms with Crippen molar-refractivity contribution in [2.75, 3.05) is 0 Å². The van der Waals surface area contributed by atoms with Gasteiger partial charge in [0.25, 0.3) is 0 Å². The van der Waals surface area contributed by atoms with E-state index in [9.17, 15) is 9.18 Å². The van der Waals surface area contributed by atoms with Crippen LogP contribution in [0.3, 0.4) is 0 Å². The molecule has 86 valence electrons. The Hall–Kier alpha value is -2.16. The molecule has 2 aromatic carbocycles. The maximum atomic E-state index is 12.9. The molecule has 0 aliphatic heterocycles. The Labute approximate surface area is 98.7 Å². The molecule has 2 rings (SSSR count). The number of carbonyl (C=O) groups is 1. The molecule has 0 N–H and O–H groups in total. The van der Waals surface area contributed by atoms with Gasteiger partial charge in [0.15, 0.2) is 0 Å². The molecule has 2 aromatic rings. The van der Waals surface area contributed by atoms with Gasteiger partial charge in [0.1, 0.15) is 23.6 Å². The molecule has 0 aromatic heterocycles. The van der Waals surface area contributed by atoms with Crippen molar-refractivity contribution < 1.29 is 13.9 Å². The summed E-state index contributed by atoms with van der Waals surface area (Å²) in [6, 6.07) is 11.1. The third-order valence-corrected chi connectivity index (χ3v) is 2.38. The van der Waals surface area contributed by atoms with Gasteiger partial charge in [0.2, 0.25) is 0 Å². The van der Waals surface area contributed by atoms with Crippen molar-refractivity contribution in [2.24, 2.45) is 0 Å². The summed E-state index contributed by atoms with van der Waals surface area (Å²) >= 11 is 0. The second-order valence-corrected chi connectivity index (χ2v) is 3.70. The third-order valence-electron chi connectivity index (χ3n) is 2.38. The molecule has 0 unspecified atom stereocenters. The summed E-state index contributed by atoms with van der Waals surface area (Å²) in [6.07, 6.45) is 0.771. The smallest absolute Gasteiger partial charge is 0.150 e. The van der Waals surface area contributed by atoms with Gasteiger partial charge in [0.05, 0.1) is 0 Å². The van der Waals surface area contributed by atoms with Gasteiger partial charge in [-0.15, -0.1) is 0 Å². The van der Waals surface area contributed by atoms with E-state index in [1.165, 1.54) is 12.1 Å². The number of aryl methyl sites for hydroxylation is 1. The summed E-state index contributed by atoms with van der Waals surface area (Å²) in [6.45, 7) is 1.78. The molecule has 3 heteroatoms. The fourth-order valence-corrected chi connectivity index (χ4v) is 1.47. The van der Waals surface area contributed by atoms with Gasteiger partial charge < -0.3 is 4.74 Å². The molecule has 0 atom stereocenters. The minimum atomic E-state index is -0.286. The monoisotopic (exact) mass is 230 g/mol. The number of benzene rings is 2. The van der Waals surface area contributed by atoms with Crippen LogP contribution in [0.1, 0.15) is 15.9 Å². The highest BCUT2D eigenvalue weighted by Gasteiger charge is 2.02. The van der Waals surface area contributed by atoms with E-state index < -0.39 is 0 Å². The summed E-state index contributed by atoms with van der Waals surface area (Å²) in [4.78, 5) is 10.5. The number of hydrogen-bond donors (Lipinski definition) is 0. The molecule has 0 radical (unpaired) electrons. The third kappa shape index (κ3) is 2.69. The fraction of sp³-hybridized carbons (Fsp3) is 0.0714. The number of hydrogen-bond acceptors (Lipinski definition) is 2. The van der Waals surface area contributed by atoms with Crippen molar-refractivity contribution in [2.45, 2.75) is 6.92 Å². The Morgan fingerprint density at radius 2 is 1.82 bits per heavy atom. The van der Waals surface area contributed by atoms with Crippen LogP contribution in [-0.2, 0) is 0 Å². The molecule has 0 saturated heterocycles. The lowest BCUT2D eigenvalue weighted by atomic mass is 10.2. The van der Waals surface area contributed by atoms with Crippen molar-refractivity contribution >= 4 is 6.29 Å². The van der Waals surface area contributed by atoms with E-state index in [2.05, 4.69) is 0 Å². The molecular formula is C14H11FO2. The summed E-state index contributed by atoms with van der Waals surface area (Å²) in [5, 5.41) is 0. The molecule has 0 aliphatic carbocycles. The maximum Gasteiger partial charge on any atom is 0.150 e. The quantitative estimate of drug-likeness (QED) is 0.751. The summed E-state index contributed by atoms with van der Waals surface area (Å²) in [7, 11) is 0. The number of rotatable bonds is 3. The molecule has 2 nitrogen and oxygen atoms in total. The highest BCUT2D eigenvalue weighted by molar-refractivity contribution is 5.74. The van der Waals surface area contributed by atoms with E-state index in [1.54, 1.807) is 37.3 Å². The van der Waals surface area contributed by atoms with Crippen molar-refractivity contribution in [1.82, 2.24) is 0 Å². The normalized spacial score (nSPS) is 10.0. The largest absolute Gasteiger partial charge is 0.457 e. The van der Waals surface area contributed by atoms with E-state index in [-0.39, 0.29) is 5.82 Å². The molecule has 0 bridgehead atoms. The zero-order valence-electron chi connectivity index (χ0n) is 9.31. The molecule has 0 amide bonds. The van der Waals surface area contributed by atoms with Gasteiger partial charge >= 0.3 is 0 Å². The topological polar surface area (TPSA) is 26.3 Å². The minimum absolute atomic E-state index is 0.286. The van der Waals surface area contributed by atoms with Crippen LogP contribution in [0.25, 0.3) is 0 Å². The van der Waals surface area contributed by atoms with Crippen LogP contribution >= 0.6 is 0 Å². The molecule has 0 spiro atoms. The lowest BCUT2D eigenvalue weighted by molar-refractivity contribution is 0.112. The molecular weight excluding hydrogens is 219 g/mol. The van der Waals surface area contributed by atoms with Crippen LogP contribution < -0.4 is 4.74 Å². The first kappa shape index (κ1) is 11.3. The van der Waals surface area contributed by atoms with Crippen LogP contribution in [0.2, 0.25) is 0 Å². The van der Waals surface area contributed by atoms with Gasteiger partial charge in [-0.25, -0.2) is 4.39 Å². The minimum Gasteiger partial charge on any atom is -0.457 e. The number of halogens is 1. The van der Waals surface area contributed by atoms with E-state index in [1.807, 2.05) is 0 Å². The van der Waals surface area contributed by atoms with Gasteiger partial charge in [0, 0.05) is 5.56 Å². The van der Waals surface area contributed by atoms with E-state index in [0.717, 1.165) is 11.8 Å². The van der Waals surface area contributed by atoms with Crippen LogP contribution in [0.4, 0.5) is 4.39 Å². The zero-order chi connectivity index (χ0) is 12.3. The Morgan fingerprint density at radius 3 is 2.41 bits per heavy atom. The average Bonchev–Trinajstić information content (AvgIpc) is 2.34. The van der Waals surface area contributed by atoms with Gasteiger partial charge in [-0.3, -0.25) is 4.79 Å². The second kappa shape index (κ2) is 4.78. The Morgan fingerprint density at radius 1 is 1.12 bits per heavy atom. The summed E-state index contributed by atoms with van der Waals surface area (Å²) < 4.78 is 18.5. The van der Waals surface area contributed by atoms with E-state index in [4.69, 9.17) is 4.74 Å². The number of aldehydes is 1. The van der Waals surface area contributed by atoms with Gasteiger partial charge in [-0.2, -0.15) is 0 Å². The van der Waals surface area contributed by atoms with E-state index >= 15 is 0 Å². The van der Waals surface area contributed by atoms with Crippen LogP contribution in [-0.4, -0.2) is 6.29 Å². The van der Waals surface area contributed by atoms with Crippen molar-refractivity contribution in [3.8, 4) is 11.5 Å². The first-order valence-electron chi connectivity index (χ1n) is 5.18. The molecule has 0 heterocycles. The first-order chi connectivity index (χ1) is 8.19. The molecule has 0 saturated carbocycles. The molecule has 0 aliphatic rings. The van der Waals surface area contributed by atoms with Crippen LogP contribution in [0, 0.1) is 12.7 Å². The molecule has 0 fully saturated rings. The lowest BCUT2D eigenvalue weighted by Crippen LogP contribution is -1.89. The Kier molecular flexibility index (Phi) is 3.19. The zero-order valence-corrected chi connectivity index (χ0v) is 9.31.